The first-order valence-electron chi connectivity index (χ1n) is 10.3. The smallest absolute Gasteiger partial charge is 0.248 e. The van der Waals surface area contributed by atoms with Gasteiger partial charge >= 0.3 is 0 Å². The number of anilines is 1. The summed E-state index contributed by atoms with van der Waals surface area (Å²) in [7, 11) is 3.91. The molecule has 154 valence electrons. The highest BCUT2D eigenvalue weighted by molar-refractivity contribution is 5.93. The quantitative estimate of drug-likeness (QED) is 0.682. The first-order valence-corrected chi connectivity index (χ1v) is 10.3. The van der Waals surface area contributed by atoms with Crippen molar-refractivity contribution in [1.82, 2.24) is 14.9 Å². The topological polar surface area (TPSA) is 75.4 Å². The van der Waals surface area contributed by atoms with Crippen molar-refractivity contribution in [3.63, 3.8) is 0 Å². The van der Waals surface area contributed by atoms with Gasteiger partial charge in [-0.15, -0.1) is 0 Å². The third-order valence-electron chi connectivity index (χ3n) is 5.59. The maximum atomic E-state index is 11.4. The normalized spacial score (nSPS) is 16.5. The van der Waals surface area contributed by atoms with Crippen LogP contribution in [0, 0.1) is 0 Å². The lowest BCUT2D eigenvalue weighted by atomic mass is 9.98. The van der Waals surface area contributed by atoms with E-state index in [4.69, 9.17) is 10.7 Å². The molecule has 1 saturated heterocycles. The highest BCUT2D eigenvalue weighted by atomic mass is 16.1. The van der Waals surface area contributed by atoms with Crippen LogP contribution in [0.5, 0.6) is 0 Å². The van der Waals surface area contributed by atoms with Gasteiger partial charge in [0.05, 0.1) is 11.7 Å². The molecule has 2 heterocycles. The molecule has 1 aromatic heterocycles. The molecule has 2 N–H and O–H groups in total. The van der Waals surface area contributed by atoms with E-state index < -0.39 is 5.91 Å². The first kappa shape index (κ1) is 20.0. The summed E-state index contributed by atoms with van der Waals surface area (Å²) in [6, 6.07) is 18.2. The summed E-state index contributed by atoms with van der Waals surface area (Å²) in [6.45, 7) is 1.94. The SMILES string of the molecule is CN(C)c1ncc(-c2ccc(C(N)=O)cc2)c([C@H]2CCCN2Cc2ccccc2)n1. The van der Waals surface area contributed by atoms with Gasteiger partial charge in [-0.25, -0.2) is 9.97 Å². The predicted molar refractivity (Wildman–Crippen MR) is 119 cm³/mol. The van der Waals surface area contributed by atoms with Crippen LogP contribution in [0.15, 0.2) is 60.8 Å². The number of carbonyl (C=O) groups excluding carboxylic acids is 1. The van der Waals surface area contributed by atoms with Crippen LogP contribution in [-0.4, -0.2) is 41.4 Å². The van der Waals surface area contributed by atoms with Crippen LogP contribution in [0.4, 0.5) is 5.95 Å². The molecule has 4 rings (SSSR count). The Balaban J connectivity index is 1.72. The zero-order valence-electron chi connectivity index (χ0n) is 17.5. The van der Waals surface area contributed by atoms with Crippen molar-refractivity contribution >= 4 is 11.9 Å². The van der Waals surface area contributed by atoms with Crippen LogP contribution in [0.2, 0.25) is 0 Å². The maximum Gasteiger partial charge on any atom is 0.248 e. The number of carbonyl (C=O) groups is 1. The van der Waals surface area contributed by atoms with Crippen LogP contribution < -0.4 is 10.6 Å². The van der Waals surface area contributed by atoms with E-state index in [1.165, 1.54) is 5.56 Å². The molecule has 0 bridgehead atoms. The van der Waals surface area contributed by atoms with Crippen molar-refractivity contribution in [2.75, 3.05) is 25.5 Å². The van der Waals surface area contributed by atoms with E-state index in [0.29, 0.717) is 11.5 Å². The first-order chi connectivity index (χ1) is 14.5. The van der Waals surface area contributed by atoms with E-state index in [0.717, 1.165) is 42.8 Å². The highest BCUT2D eigenvalue weighted by Gasteiger charge is 2.30. The molecule has 1 fully saturated rings. The van der Waals surface area contributed by atoms with Gasteiger partial charge in [0.15, 0.2) is 0 Å². The van der Waals surface area contributed by atoms with Crippen molar-refractivity contribution in [3.05, 3.63) is 77.6 Å². The standard InChI is InChI=1S/C24H27N5O/c1-28(2)24-26-15-20(18-10-12-19(13-11-18)23(25)30)22(27-24)21-9-6-14-29(21)16-17-7-4-3-5-8-17/h3-5,7-8,10-13,15,21H,6,9,14,16H2,1-2H3,(H2,25,30)/t21-/m1/s1. The molecule has 1 aliphatic rings. The second-order valence-electron chi connectivity index (χ2n) is 7.92. The molecule has 6 nitrogen and oxygen atoms in total. The number of likely N-dealkylation sites (tertiary alicyclic amines) is 1. The summed E-state index contributed by atoms with van der Waals surface area (Å²) >= 11 is 0. The second-order valence-corrected chi connectivity index (χ2v) is 7.92. The third-order valence-corrected chi connectivity index (χ3v) is 5.59. The number of rotatable bonds is 6. The zero-order valence-corrected chi connectivity index (χ0v) is 17.5. The van der Waals surface area contributed by atoms with E-state index in [2.05, 4.69) is 34.1 Å². The summed E-state index contributed by atoms with van der Waals surface area (Å²) in [5.41, 5.74) is 10.2. The Morgan fingerprint density at radius 2 is 1.87 bits per heavy atom. The van der Waals surface area contributed by atoms with Gasteiger partial charge < -0.3 is 10.6 Å². The maximum absolute atomic E-state index is 11.4. The van der Waals surface area contributed by atoms with Crippen LogP contribution >= 0.6 is 0 Å². The van der Waals surface area contributed by atoms with Crippen molar-refractivity contribution in [1.29, 1.82) is 0 Å². The van der Waals surface area contributed by atoms with Crippen molar-refractivity contribution in [3.8, 4) is 11.1 Å². The van der Waals surface area contributed by atoms with Gasteiger partial charge in [-0.3, -0.25) is 9.69 Å². The molecule has 6 heteroatoms. The number of hydrogen-bond donors (Lipinski definition) is 1. The largest absolute Gasteiger partial charge is 0.366 e. The minimum absolute atomic E-state index is 0.220. The van der Waals surface area contributed by atoms with Crippen LogP contribution in [0.25, 0.3) is 11.1 Å². The number of nitrogens with zero attached hydrogens (tertiary/aromatic N) is 4. The number of nitrogens with two attached hydrogens (primary N) is 1. The van der Waals surface area contributed by atoms with E-state index in [9.17, 15) is 4.79 Å². The molecule has 0 spiro atoms. The van der Waals surface area contributed by atoms with Gasteiger partial charge in [0.25, 0.3) is 0 Å². The molecule has 0 saturated carbocycles. The number of hydrogen-bond acceptors (Lipinski definition) is 5. The molecule has 30 heavy (non-hydrogen) atoms. The summed E-state index contributed by atoms with van der Waals surface area (Å²) in [5, 5.41) is 0. The lowest BCUT2D eigenvalue weighted by Gasteiger charge is -2.26. The van der Waals surface area contributed by atoms with Gasteiger partial charge in [0.1, 0.15) is 0 Å². The molecule has 0 aliphatic carbocycles. The van der Waals surface area contributed by atoms with Crippen molar-refractivity contribution < 1.29 is 4.79 Å². The average Bonchev–Trinajstić information content (AvgIpc) is 3.22. The highest BCUT2D eigenvalue weighted by Crippen LogP contribution is 2.38. The van der Waals surface area contributed by atoms with Gasteiger partial charge in [0.2, 0.25) is 11.9 Å². The molecule has 1 atom stereocenters. The van der Waals surface area contributed by atoms with Crippen LogP contribution in [0.1, 0.15) is 40.5 Å². The van der Waals surface area contributed by atoms with E-state index >= 15 is 0 Å². The Hall–Kier alpha value is -3.25. The van der Waals surface area contributed by atoms with Crippen molar-refractivity contribution in [2.24, 2.45) is 5.73 Å². The number of benzene rings is 2. The lowest BCUT2D eigenvalue weighted by molar-refractivity contribution is 0.100. The summed E-state index contributed by atoms with van der Waals surface area (Å²) in [6.07, 6.45) is 4.10. The van der Waals surface area contributed by atoms with Gasteiger partial charge in [-0.05, 0) is 42.6 Å². The second kappa shape index (κ2) is 8.63. The predicted octanol–water partition coefficient (Wildman–Crippen LogP) is 3.65. The van der Waals surface area contributed by atoms with E-state index in [1.807, 2.05) is 43.4 Å². The summed E-state index contributed by atoms with van der Waals surface area (Å²) < 4.78 is 0. The Labute approximate surface area is 177 Å². The fourth-order valence-corrected chi connectivity index (χ4v) is 4.03. The Morgan fingerprint density at radius 3 is 2.53 bits per heavy atom. The molecule has 3 aromatic rings. The van der Waals surface area contributed by atoms with E-state index in [-0.39, 0.29) is 6.04 Å². The number of amides is 1. The number of aromatic nitrogens is 2. The van der Waals surface area contributed by atoms with Crippen LogP contribution in [-0.2, 0) is 6.54 Å². The van der Waals surface area contributed by atoms with Gasteiger partial charge in [-0.1, -0.05) is 42.5 Å². The zero-order chi connectivity index (χ0) is 21.1. The van der Waals surface area contributed by atoms with Gasteiger partial charge in [0, 0.05) is 38.0 Å². The lowest BCUT2D eigenvalue weighted by Crippen LogP contribution is -2.25. The molecular formula is C24H27N5O. The molecular weight excluding hydrogens is 374 g/mol. The monoisotopic (exact) mass is 401 g/mol. The fraction of sp³-hybridized carbons (Fsp3) is 0.292. The minimum Gasteiger partial charge on any atom is -0.366 e. The average molecular weight is 402 g/mol. The number of primary amides is 1. The molecule has 0 radical (unpaired) electrons. The van der Waals surface area contributed by atoms with E-state index in [1.54, 1.807) is 12.1 Å². The molecule has 0 unspecified atom stereocenters. The van der Waals surface area contributed by atoms with Crippen LogP contribution in [0.3, 0.4) is 0 Å². The Morgan fingerprint density at radius 1 is 1.13 bits per heavy atom. The minimum atomic E-state index is -0.425. The fourth-order valence-electron chi connectivity index (χ4n) is 4.03. The summed E-state index contributed by atoms with van der Waals surface area (Å²) in [5.74, 6) is 0.278. The molecule has 1 aliphatic heterocycles. The van der Waals surface area contributed by atoms with Gasteiger partial charge in [-0.2, -0.15) is 0 Å². The Kier molecular flexibility index (Phi) is 5.77. The summed E-state index contributed by atoms with van der Waals surface area (Å²) in [4.78, 5) is 25.4. The molecule has 2 aromatic carbocycles. The Bertz CT molecular complexity index is 1020. The van der Waals surface area contributed by atoms with Crippen molar-refractivity contribution in [2.45, 2.75) is 25.4 Å². The molecule has 1 amide bonds. The third kappa shape index (κ3) is 4.19.